The average Bonchev–Trinajstić information content (AvgIpc) is 2.60. The van der Waals surface area contributed by atoms with Gasteiger partial charge in [0.25, 0.3) is 0 Å². The van der Waals surface area contributed by atoms with Gasteiger partial charge in [0, 0.05) is 0 Å². The lowest BCUT2D eigenvalue weighted by atomic mass is 10.0. The fourth-order valence-corrected chi connectivity index (χ4v) is 2.32. The van der Waals surface area contributed by atoms with E-state index in [-0.39, 0.29) is 11.8 Å². The minimum Gasteiger partial charge on any atom is -0.481 e. The van der Waals surface area contributed by atoms with Gasteiger partial charge in [-0.3, -0.25) is 4.79 Å². The third-order valence-corrected chi connectivity index (χ3v) is 3.73. The van der Waals surface area contributed by atoms with Gasteiger partial charge in [0.05, 0.1) is 25.7 Å². The second-order valence-electron chi connectivity index (χ2n) is 5.68. The number of aromatic nitrogens is 2. The molecule has 0 saturated heterocycles. The highest BCUT2D eigenvalue weighted by atomic mass is 16.5. The first kappa shape index (κ1) is 17.7. The van der Waals surface area contributed by atoms with Gasteiger partial charge in [0.15, 0.2) is 0 Å². The van der Waals surface area contributed by atoms with Crippen molar-refractivity contribution >= 4 is 5.97 Å². The summed E-state index contributed by atoms with van der Waals surface area (Å²) in [4.78, 5) is 20.2. The lowest BCUT2D eigenvalue weighted by molar-refractivity contribution is -0.142. The Hall–Kier alpha value is -2.63. The molecular formula is C18H22N2O4. The Balaban J connectivity index is 2.43. The second-order valence-corrected chi connectivity index (χ2v) is 5.68. The topological polar surface area (TPSA) is 70.5 Å². The smallest absolute Gasteiger partial charge is 0.313 e. The van der Waals surface area contributed by atoms with E-state index in [4.69, 9.17) is 14.2 Å². The molecule has 1 aromatic heterocycles. The molecule has 0 spiro atoms. The molecule has 128 valence electrons. The largest absolute Gasteiger partial charge is 0.481 e. The van der Waals surface area contributed by atoms with Crippen LogP contribution in [0.3, 0.4) is 0 Å². The summed E-state index contributed by atoms with van der Waals surface area (Å²) >= 11 is 0. The Morgan fingerprint density at radius 2 is 1.79 bits per heavy atom. The fraction of sp³-hybridized carbons (Fsp3) is 0.389. The molecule has 0 radical (unpaired) electrons. The van der Waals surface area contributed by atoms with Gasteiger partial charge in [-0.1, -0.05) is 26.0 Å². The van der Waals surface area contributed by atoms with Gasteiger partial charge in [-0.15, -0.1) is 0 Å². The Morgan fingerprint density at radius 3 is 2.42 bits per heavy atom. The summed E-state index contributed by atoms with van der Waals surface area (Å²) in [6.07, 6.45) is 1.34. The van der Waals surface area contributed by atoms with Gasteiger partial charge >= 0.3 is 5.97 Å². The number of hydrogen-bond donors (Lipinski definition) is 0. The number of hydrogen-bond acceptors (Lipinski definition) is 6. The molecule has 1 atom stereocenters. The van der Waals surface area contributed by atoms with Crippen molar-refractivity contribution in [2.75, 3.05) is 14.2 Å². The Bertz CT molecular complexity index is 716. The van der Waals surface area contributed by atoms with Gasteiger partial charge in [-0.05, 0) is 30.5 Å². The molecule has 0 saturated carbocycles. The summed E-state index contributed by atoms with van der Waals surface area (Å²) in [6.45, 7) is 5.92. The van der Waals surface area contributed by atoms with Crippen molar-refractivity contribution in [1.82, 2.24) is 9.97 Å². The average molecular weight is 330 g/mol. The van der Waals surface area contributed by atoms with Crippen LogP contribution in [0.5, 0.6) is 17.5 Å². The van der Waals surface area contributed by atoms with Crippen molar-refractivity contribution in [3.8, 4) is 17.5 Å². The second kappa shape index (κ2) is 7.77. The first-order valence-electron chi connectivity index (χ1n) is 7.72. The number of carbonyl (C=O) groups is 1. The molecular weight excluding hydrogens is 308 g/mol. The van der Waals surface area contributed by atoms with Crippen LogP contribution in [0, 0.1) is 0 Å². The fourth-order valence-electron chi connectivity index (χ4n) is 2.32. The van der Waals surface area contributed by atoms with Crippen LogP contribution in [-0.4, -0.2) is 30.2 Å². The molecule has 0 bridgehead atoms. The minimum atomic E-state index is -0.616. The van der Waals surface area contributed by atoms with Gasteiger partial charge in [-0.2, -0.15) is 0 Å². The predicted molar refractivity (Wildman–Crippen MR) is 89.6 cm³/mol. The van der Waals surface area contributed by atoms with Crippen LogP contribution in [0.4, 0.5) is 0 Å². The highest BCUT2D eigenvalue weighted by Gasteiger charge is 2.26. The SMILES string of the molecule is COC(=O)C(C)c1c(OC)ncnc1Oc1cccc(C(C)C)c1. The molecule has 0 aliphatic heterocycles. The highest BCUT2D eigenvalue weighted by molar-refractivity contribution is 5.79. The van der Waals surface area contributed by atoms with Crippen LogP contribution >= 0.6 is 0 Å². The van der Waals surface area contributed by atoms with E-state index >= 15 is 0 Å². The van der Waals surface area contributed by atoms with E-state index in [1.165, 1.54) is 20.5 Å². The molecule has 0 aliphatic rings. The summed E-state index contributed by atoms with van der Waals surface area (Å²) < 4.78 is 16.0. The molecule has 24 heavy (non-hydrogen) atoms. The number of rotatable bonds is 6. The van der Waals surface area contributed by atoms with Crippen molar-refractivity contribution in [2.24, 2.45) is 0 Å². The minimum absolute atomic E-state index is 0.278. The normalized spacial score (nSPS) is 11.9. The van der Waals surface area contributed by atoms with Crippen molar-refractivity contribution in [2.45, 2.75) is 32.6 Å². The molecule has 1 unspecified atom stereocenters. The van der Waals surface area contributed by atoms with E-state index in [1.807, 2.05) is 24.3 Å². The van der Waals surface area contributed by atoms with Crippen molar-refractivity contribution < 1.29 is 19.0 Å². The molecule has 0 amide bonds. The van der Waals surface area contributed by atoms with Crippen LogP contribution in [0.25, 0.3) is 0 Å². The summed E-state index contributed by atoms with van der Waals surface area (Å²) in [5, 5.41) is 0. The Labute approximate surface area is 141 Å². The van der Waals surface area contributed by atoms with E-state index < -0.39 is 11.9 Å². The summed E-state index contributed by atoms with van der Waals surface area (Å²) in [5.41, 5.74) is 1.61. The lowest BCUT2D eigenvalue weighted by Gasteiger charge is -2.17. The molecule has 6 heteroatoms. The number of ether oxygens (including phenoxy) is 3. The molecule has 2 rings (SSSR count). The zero-order valence-corrected chi connectivity index (χ0v) is 14.6. The van der Waals surface area contributed by atoms with Crippen LogP contribution < -0.4 is 9.47 Å². The third-order valence-electron chi connectivity index (χ3n) is 3.73. The first-order chi connectivity index (χ1) is 11.5. The number of nitrogens with zero attached hydrogens (tertiary/aromatic N) is 2. The summed E-state index contributed by atoms with van der Waals surface area (Å²) in [7, 11) is 2.82. The summed E-state index contributed by atoms with van der Waals surface area (Å²) in [6, 6.07) is 7.75. The molecule has 1 aromatic carbocycles. The Morgan fingerprint density at radius 1 is 1.08 bits per heavy atom. The molecule has 0 fully saturated rings. The van der Waals surface area contributed by atoms with Crippen molar-refractivity contribution in [1.29, 1.82) is 0 Å². The summed E-state index contributed by atoms with van der Waals surface area (Å²) in [5.74, 6) is 0.555. The van der Waals surface area contributed by atoms with Crippen LogP contribution in [0.1, 0.15) is 43.7 Å². The predicted octanol–water partition coefficient (Wildman–Crippen LogP) is 3.68. The van der Waals surface area contributed by atoms with E-state index in [2.05, 4.69) is 23.8 Å². The quantitative estimate of drug-likeness (QED) is 0.753. The van der Waals surface area contributed by atoms with Gasteiger partial charge in [0.2, 0.25) is 11.8 Å². The Kier molecular flexibility index (Phi) is 5.73. The van der Waals surface area contributed by atoms with E-state index in [1.54, 1.807) is 6.92 Å². The molecule has 2 aromatic rings. The van der Waals surface area contributed by atoms with Gasteiger partial charge < -0.3 is 14.2 Å². The molecule has 6 nitrogen and oxygen atoms in total. The van der Waals surface area contributed by atoms with E-state index in [0.717, 1.165) is 5.56 Å². The molecule has 0 aliphatic carbocycles. The maximum atomic E-state index is 11.9. The maximum absolute atomic E-state index is 11.9. The number of esters is 1. The van der Waals surface area contributed by atoms with Crippen LogP contribution in [0.15, 0.2) is 30.6 Å². The van der Waals surface area contributed by atoms with Gasteiger partial charge in [0.1, 0.15) is 12.1 Å². The van der Waals surface area contributed by atoms with Crippen molar-refractivity contribution in [3.63, 3.8) is 0 Å². The maximum Gasteiger partial charge on any atom is 0.313 e. The van der Waals surface area contributed by atoms with E-state index in [9.17, 15) is 4.79 Å². The zero-order valence-electron chi connectivity index (χ0n) is 14.6. The number of carbonyl (C=O) groups excluding carboxylic acids is 1. The zero-order chi connectivity index (χ0) is 17.7. The van der Waals surface area contributed by atoms with Crippen LogP contribution in [-0.2, 0) is 9.53 Å². The number of benzene rings is 1. The number of methoxy groups -OCH3 is 2. The first-order valence-corrected chi connectivity index (χ1v) is 7.72. The van der Waals surface area contributed by atoms with Crippen molar-refractivity contribution in [3.05, 3.63) is 41.7 Å². The monoisotopic (exact) mass is 330 g/mol. The van der Waals surface area contributed by atoms with Crippen LogP contribution in [0.2, 0.25) is 0 Å². The highest BCUT2D eigenvalue weighted by Crippen LogP contribution is 2.35. The third kappa shape index (κ3) is 3.82. The van der Waals surface area contributed by atoms with Gasteiger partial charge in [-0.25, -0.2) is 9.97 Å². The lowest BCUT2D eigenvalue weighted by Crippen LogP contribution is -2.14. The van der Waals surface area contributed by atoms with E-state index in [0.29, 0.717) is 17.2 Å². The molecule has 1 heterocycles. The molecule has 0 N–H and O–H groups in total. The standard InChI is InChI=1S/C18H22N2O4/c1-11(2)13-7-6-8-14(9-13)24-17-15(12(3)18(21)23-5)16(22-4)19-10-20-17/h6-12H,1-5H3.